The van der Waals surface area contributed by atoms with Crippen molar-refractivity contribution in [3.05, 3.63) is 16.4 Å². The quantitative estimate of drug-likeness (QED) is 0.856. The molecule has 1 aromatic rings. The van der Waals surface area contributed by atoms with Crippen LogP contribution in [0.1, 0.15) is 57.3 Å². The highest BCUT2D eigenvalue weighted by Gasteiger charge is 2.28. The van der Waals surface area contributed by atoms with Gasteiger partial charge in [0.25, 0.3) is 0 Å². The normalized spacial score (nSPS) is 24.2. The SMILES string of the molecule is CCCNC(Cc1c(Cl)c(C)nn1C)C1CCCC(C)C1. The first kappa shape index (κ1) is 16.8. The maximum atomic E-state index is 6.45. The smallest absolute Gasteiger partial charge is 0.0847 e. The highest BCUT2D eigenvalue weighted by Crippen LogP contribution is 2.33. The number of aryl methyl sites for hydroxylation is 2. The molecule has 120 valence electrons. The lowest BCUT2D eigenvalue weighted by atomic mass is 9.77. The lowest BCUT2D eigenvalue weighted by Gasteiger charge is -2.34. The second-order valence-corrected chi connectivity index (χ2v) is 7.14. The summed E-state index contributed by atoms with van der Waals surface area (Å²) in [5.41, 5.74) is 2.13. The van der Waals surface area contributed by atoms with Crippen molar-refractivity contribution < 1.29 is 0 Å². The summed E-state index contributed by atoms with van der Waals surface area (Å²) >= 11 is 6.45. The molecule has 1 aliphatic rings. The lowest BCUT2D eigenvalue weighted by molar-refractivity contribution is 0.219. The Labute approximate surface area is 134 Å². The van der Waals surface area contributed by atoms with Gasteiger partial charge in [-0.25, -0.2) is 0 Å². The van der Waals surface area contributed by atoms with Gasteiger partial charge in [0.1, 0.15) is 0 Å². The minimum atomic E-state index is 0.528. The fourth-order valence-corrected chi connectivity index (χ4v) is 3.93. The molecule has 0 aromatic carbocycles. The topological polar surface area (TPSA) is 29.9 Å². The Kier molecular flexibility index (Phi) is 6.12. The van der Waals surface area contributed by atoms with Crippen molar-refractivity contribution in [3.8, 4) is 0 Å². The van der Waals surface area contributed by atoms with E-state index >= 15 is 0 Å². The molecule has 0 aliphatic heterocycles. The van der Waals surface area contributed by atoms with Crippen molar-refractivity contribution in [2.75, 3.05) is 6.54 Å². The van der Waals surface area contributed by atoms with Crippen LogP contribution in [0.5, 0.6) is 0 Å². The van der Waals surface area contributed by atoms with E-state index in [1.807, 2.05) is 18.7 Å². The fourth-order valence-electron chi connectivity index (χ4n) is 3.69. The predicted octanol–water partition coefficient (Wildman–Crippen LogP) is 4.12. The summed E-state index contributed by atoms with van der Waals surface area (Å²) in [7, 11) is 2.01. The second-order valence-electron chi connectivity index (χ2n) is 6.77. The van der Waals surface area contributed by atoms with Gasteiger partial charge in [-0.2, -0.15) is 5.10 Å². The standard InChI is InChI=1S/C17H30ClN3/c1-5-9-19-15(14-8-6-7-12(2)10-14)11-16-17(18)13(3)20-21(16)4/h12,14-15,19H,5-11H2,1-4H3. The Bertz CT molecular complexity index is 455. The Morgan fingerprint density at radius 2 is 2.19 bits per heavy atom. The molecule has 3 nitrogen and oxygen atoms in total. The van der Waals surface area contributed by atoms with E-state index < -0.39 is 0 Å². The highest BCUT2D eigenvalue weighted by atomic mass is 35.5. The van der Waals surface area contributed by atoms with Crippen LogP contribution in [0.25, 0.3) is 0 Å². The van der Waals surface area contributed by atoms with Crippen LogP contribution in [0.3, 0.4) is 0 Å². The van der Waals surface area contributed by atoms with Crippen molar-refractivity contribution in [3.63, 3.8) is 0 Å². The van der Waals surface area contributed by atoms with Crippen LogP contribution in [0.2, 0.25) is 5.02 Å². The van der Waals surface area contributed by atoms with E-state index in [-0.39, 0.29) is 0 Å². The maximum Gasteiger partial charge on any atom is 0.0847 e. The van der Waals surface area contributed by atoms with Crippen LogP contribution >= 0.6 is 11.6 Å². The Balaban J connectivity index is 2.11. The number of nitrogens with one attached hydrogen (secondary N) is 1. The average Bonchev–Trinajstić information content (AvgIpc) is 2.69. The maximum absolute atomic E-state index is 6.45. The summed E-state index contributed by atoms with van der Waals surface area (Å²) in [5.74, 6) is 1.63. The molecule has 0 amide bonds. The van der Waals surface area contributed by atoms with Crippen molar-refractivity contribution in [1.29, 1.82) is 0 Å². The molecular weight excluding hydrogens is 282 g/mol. The second kappa shape index (κ2) is 7.64. The molecule has 3 unspecified atom stereocenters. The van der Waals surface area contributed by atoms with E-state index in [1.165, 1.54) is 37.8 Å². The monoisotopic (exact) mass is 311 g/mol. The fraction of sp³-hybridized carbons (Fsp3) is 0.824. The molecule has 2 rings (SSSR count). The number of rotatable bonds is 6. The van der Waals surface area contributed by atoms with Gasteiger partial charge in [-0.15, -0.1) is 0 Å². The van der Waals surface area contributed by atoms with Gasteiger partial charge in [0.15, 0.2) is 0 Å². The summed E-state index contributed by atoms with van der Waals surface area (Å²) < 4.78 is 1.96. The van der Waals surface area contributed by atoms with Gasteiger partial charge in [-0.3, -0.25) is 4.68 Å². The molecule has 1 aliphatic carbocycles. The third-order valence-corrected chi connectivity index (χ3v) is 5.37. The van der Waals surface area contributed by atoms with Gasteiger partial charge >= 0.3 is 0 Å². The highest BCUT2D eigenvalue weighted by molar-refractivity contribution is 6.31. The Morgan fingerprint density at radius 1 is 1.43 bits per heavy atom. The first-order valence-electron chi connectivity index (χ1n) is 8.44. The molecule has 4 heteroatoms. The molecule has 1 aromatic heterocycles. The summed E-state index contributed by atoms with van der Waals surface area (Å²) in [6.45, 7) is 7.70. The lowest BCUT2D eigenvalue weighted by Crippen LogP contribution is -2.41. The van der Waals surface area contributed by atoms with Gasteiger partial charge in [0, 0.05) is 19.5 Å². The minimum Gasteiger partial charge on any atom is -0.313 e. The predicted molar refractivity (Wildman–Crippen MR) is 89.9 cm³/mol. The first-order valence-corrected chi connectivity index (χ1v) is 8.82. The number of hydrogen-bond donors (Lipinski definition) is 1. The van der Waals surface area contributed by atoms with Crippen LogP contribution < -0.4 is 5.32 Å². The van der Waals surface area contributed by atoms with Gasteiger partial charge in [-0.1, -0.05) is 38.3 Å². The van der Waals surface area contributed by atoms with Gasteiger partial charge in [0.05, 0.1) is 16.4 Å². The number of halogens is 1. The average molecular weight is 312 g/mol. The molecule has 0 radical (unpaired) electrons. The van der Waals surface area contributed by atoms with E-state index in [0.717, 1.165) is 35.5 Å². The first-order chi connectivity index (χ1) is 10.0. The van der Waals surface area contributed by atoms with E-state index in [9.17, 15) is 0 Å². The number of aromatic nitrogens is 2. The van der Waals surface area contributed by atoms with Crippen LogP contribution in [0.15, 0.2) is 0 Å². The van der Waals surface area contributed by atoms with Crippen molar-refractivity contribution in [1.82, 2.24) is 15.1 Å². The van der Waals surface area contributed by atoms with Gasteiger partial charge in [-0.05, 0) is 44.6 Å². The molecule has 0 bridgehead atoms. The third kappa shape index (κ3) is 4.23. The third-order valence-electron chi connectivity index (χ3n) is 4.88. The van der Waals surface area contributed by atoms with Crippen LogP contribution in [-0.4, -0.2) is 22.4 Å². The molecule has 1 heterocycles. The number of hydrogen-bond acceptors (Lipinski definition) is 2. The molecule has 1 fully saturated rings. The summed E-state index contributed by atoms with van der Waals surface area (Å²) in [4.78, 5) is 0. The minimum absolute atomic E-state index is 0.528. The van der Waals surface area contributed by atoms with Crippen molar-refractivity contribution >= 4 is 11.6 Å². The molecule has 0 spiro atoms. The van der Waals surface area contributed by atoms with Crippen molar-refractivity contribution in [2.45, 2.75) is 65.3 Å². The molecule has 3 atom stereocenters. The van der Waals surface area contributed by atoms with Gasteiger partial charge in [0.2, 0.25) is 0 Å². The molecule has 1 N–H and O–H groups in total. The summed E-state index contributed by atoms with van der Waals surface area (Å²) in [6.07, 6.45) is 7.62. The van der Waals surface area contributed by atoms with E-state index in [4.69, 9.17) is 11.6 Å². The zero-order valence-electron chi connectivity index (χ0n) is 14.0. The van der Waals surface area contributed by atoms with E-state index in [2.05, 4.69) is 24.3 Å². The van der Waals surface area contributed by atoms with Crippen LogP contribution in [0, 0.1) is 18.8 Å². The largest absolute Gasteiger partial charge is 0.313 e. The molecule has 1 saturated carbocycles. The Hall–Kier alpha value is -0.540. The molecule has 0 saturated heterocycles. The van der Waals surface area contributed by atoms with Crippen molar-refractivity contribution in [2.24, 2.45) is 18.9 Å². The zero-order chi connectivity index (χ0) is 15.4. The van der Waals surface area contributed by atoms with E-state index in [0.29, 0.717) is 6.04 Å². The van der Waals surface area contributed by atoms with Gasteiger partial charge < -0.3 is 5.32 Å². The van der Waals surface area contributed by atoms with Crippen LogP contribution in [0.4, 0.5) is 0 Å². The Morgan fingerprint density at radius 3 is 2.76 bits per heavy atom. The molecular formula is C17H30ClN3. The van der Waals surface area contributed by atoms with Crippen LogP contribution in [-0.2, 0) is 13.5 Å². The molecule has 21 heavy (non-hydrogen) atoms. The number of nitrogens with zero attached hydrogens (tertiary/aromatic N) is 2. The summed E-state index contributed by atoms with van der Waals surface area (Å²) in [5, 5.41) is 9.08. The summed E-state index contributed by atoms with van der Waals surface area (Å²) in [6, 6.07) is 0.528. The van der Waals surface area contributed by atoms with E-state index in [1.54, 1.807) is 0 Å². The zero-order valence-corrected chi connectivity index (χ0v) is 14.7.